The molecule has 2 aliphatic rings. The first-order chi connectivity index (χ1) is 12.2. The molecule has 0 atom stereocenters. The predicted octanol–water partition coefficient (Wildman–Crippen LogP) is 3.82. The summed E-state index contributed by atoms with van der Waals surface area (Å²) in [5.74, 6) is 0.436. The quantitative estimate of drug-likeness (QED) is 0.904. The van der Waals surface area contributed by atoms with Crippen molar-refractivity contribution >= 4 is 5.91 Å². The summed E-state index contributed by atoms with van der Waals surface area (Å²) in [7, 11) is 0. The van der Waals surface area contributed by atoms with Gasteiger partial charge in [0.2, 0.25) is 0 Å². The lowest BCUT2D eigenvalue weighted by Gasteiger charge is -2.44. The van der Waals surface area contributed by atoms with Gasteiger partial charge in [-0.1, -0.05) is 19.3 Å². The Morgan fingerprint density at radius 3 is 2.44 bits per heavy atom. The number of amides is 1. The first kappa shape index (κ1) is 16.2. The molecule has 0 radical (unpaired) electrons. The van der Waals surface area contributed by atoms with Crippen molar-refractivity contribution in [2.75, 3.05) is 13.1 Å². The van der Waals surface area contributed by atoms with Crippen LogP contribution in [0.25, 0.3) is 11.5 Å². The summed E-state index contributed by atoms with van der Waals surface area (Å²) < 4.78 is 5.29. The van der Waals surface area contributed by atoms with Crippen LogP contribution in [-0.2, 0) is 0 Å². The largest absolute Gasteiger partial charge is 0.463 e. The highest BCUT2D eigenvalue weighted by Gasteiger charge is 2.37. The minimum atomic E-state index is -0.350. The molecule has 2 aromatic heterocycles. The number of hydrogen-bond donors (Lipinski definition) is 1. The summed E-state index contributed by atoms with van der Waals surface area (Å²) in [6, 6.07) is 6.90. The third-order valence-corrected chi connectivity index (χ3v) is 5.95. The van der Waals surface area contributed by atoms with Crippen molar-refractivity contribution in [3.8, 4) is 11.5 Å². The molecule has 5 nitrogen and oxygen atoms in total. The van der Waals surface area contributed by atoms with Gasteiger partial charge in [0.05, 0.1) is 12.0 Å². The Morgan fingerprint density at radius 1 is 1.04 bits per heavy atom. The fourth-order valence-electron chi connectivity index (χ4n) is 4.37. The number of likely N-dealkylation sites (tertiary alicyclic amines) is 1. The van der Waals surface area contributed by atoms with Gasteiger partial charge >= 0.3 is 0 Å². The molecule has 2 fully saturated rings. The van der Waals surface area contributed by atoms with Crippen LogP contribution in [0.2, 0.25) is 0 Å². The van der Waals surface area contributed by atoms with Crippen molar-refractivity contribution in [2.24, 2.45) is 5.41 Å². The number of hydrogen-bond acceptors (Lipinski definition) is 3. The van der Waals surface area contributed by atoms with Crippen LogP contribution in [0.4, 0.5) is 0 Å². The zero-order chi connectivity index (χ0) is 17.3. The van der Waals surface area contributed by atoms with E-state index in [0.29, 0.717) is 16.9 Å². The van der Waals surface area contributed by atoms with Crippen molar-refractivity contribution in [1.82, 2.24) is 9.88 Å². The second-order valence-electron chi connectivity index (χ2n) is 7.44. The molecule has 1 saturated heterocycles. The van der Waals surface area contributed by atoms with E-state index in [-0.39, 0.29) is 17.0 Å². The molecule has 132 valence electrons. The van der Waals surface area contributed by atoms with Crippen LogP contribution in [0.15, 0.2) is 39.7 Å². The molecule has 1 amide bonds. The van der Waals surface area contributed by atoms with Crippen molar-refractivity contribution in [3.05, 3.63) is 46.4 Å². The summed E-state index contributed by atoms with van der Waals surface area (Å²) in [5.41, 5.74) is 0.906. The molecule has 0 bridgehead atoms. The van der Waals surface area contributed by atoms with Crippen LogP contribution < -0.4 is 5.56 Å². The van der Waals surface area contributed by atoms with E-state index < -0.39 is 0 Å². The number of pyridine rings is 1. The SMILES string of the molecule is O=C(c1ccc(-c2ccco2)[nH]c1=O)N1CCC2(CCCCC2)CC1. The minimum absolute atomic E-state index is 0.155. The van der Waals surface area contributed by atoms with E-state index in [1.807, 2.05) is 4.90 Å². The maximum atomic E-state index is 12.8. The van der Waals surface area contributed by atoms with E-state index in [1.54, 1.807) is 30.5 Å². The first-order valence-corrected chi connectivity index (χ1v) is 9.23. The number of aromatic nitrogens is 1. The highest BCUT2D eigenvalue weighted by atomic mass is 16.3. The normalized spacial score (nSPS) is 19.9. The van der Waals surface area contributed by atoms with Gasteiger partial charge < -0.3 is 14.3 Å². The topological polar surface area (TPSA) is 66.3 Å². The minimum Gasteiger partial charge on any atom is -0.463 e. The van der Waals surface area contributed by atoms with E-state index in [2.05, 4.69) is 4.98 Å². The molecular weight excluding hydrogens is 316 g/mol. The lowest BCUT2D eigenvalue weighted by Crippen LogP contribution is -2.45. The van der Waals surface area contributed by atoms with E-state index in [9.17, 15) is 9.59 Å². The summed E-state index contributed by atoms with van der Waals surface area (Å²) >= 11 is 0. The molecule has 0 unspecified atom stereocenters. The molecule has 0 aromatic carbocycles. The molecule has 4 rings (SSSR count). The Kier molecular flexibility index (Phi) is 4.24. The van der Waals surface area contributed by atoms with E-state index in [0.717, 1.165) is 25.9 Å². The van der Waals surface area contributed by atoms with Gasteiger partial charge in [-0.3, -0.25) is 9.59 Å². The van der Waals surface area contributed by atoms with Crippen molar-refractivity contribution in [3.63, 3.8) is 0 Å². The molecule has 1 saturated carbocycles. The fourth-order valence-corrected chi connectivity index (χ4v) is 4.37. The molecule has 3 heterocycles. The number of carbonyl (C=O) groups excluding carboxylic acids is 1. The van der Waals surface area contributed by atoms with Gasteiger partial charge in [0, 0.05) is 13.1 Å². The molecule has 1 aliphatic heterocycles. The van der Waals surface area contributed by atoms with Gasteiger partial charge in [-0.15, -0.1) is 0 Å². The Bertz CT molecular complexity index is 791. The lowest BCUT2D eigenvalue weighted by atomic mass is 9.68. The Morgan fingerprint density at radius 2 is 1.80 bits per heavy atom. The van der Waals surface area contributed by atoms with Gasteiger partial charge in [-0.2, -0.15) is 0 Å². The highest BCUT2D eigenvalue weighted by Crippen LogP contribution is 2.44. The molecule has 25 heavy (non-hydrogen) atoms. The zero-order valence-electron chi connectivity index (χ0n) is 14.4. The lowest BCUT2D eigenvalue weighted by molar-refractivity contribution is 0.0470. The van der Waals surface area contributed by atoms with E-state index >= 15 is 0 Å². The van der Waals surface area contributed by atoms with Gasteiger partial charge in [0.25, 0.3) is 11.5 Å². The molecule has 5 heteroatoms. The standard InChI is InChI=1S/C20H24N2O3/c23-18-15(6-7-16(21-18)17-5-4-14-25-17)19(24)22-12-10-20(11-13-22)8-2-1-3-9-20/h4-7,14H,1-3,8-13H2,(H,21,23). The molecule has 1 spiro atoms. The number of carbonyl (C=O) groups is 1. The summed E-state index contributed by atoms with van der Waals surface area (Å²) in [6.45, 7) is 1.52. The summed E-state index contributed by atoms with van der Waals surface area (Å²) in [4.78, 5) is 29.7. The monoisotopic (exact) mass is 340 g/mol. The molecule has 1 aliphatic carbocycles. The predicted molar refractivity (Wildman–Crippen MR) is 95.4 cm³/mol. The zero-order valence-corrected chi connectivity index (χ0v) is 14.4. The van der Waals surface area contributed by atoms with E-state index in [4.69, 9.17) is 4.42 Å². The number of rotatable bonds is 2. The van der Waals surface area contributed by atoms with Crippen LogP contribution in [0.1, 0.15) is 55.3 Å². The van der Waals surface area contributed by atoms with Crippen LogP contribution in [0, 0.1) is 5.41 Å². The Labute approximate surface area is 147 Å². The van der Waals surface area contributed by atoms with Crippen molar-refractivity contribution < 1.29 is 9.21 Å². The van der Waals surface area contributed by atoms with Crippen LogP contribution in [0.5, 0.6) is 0 Å². The van der Waals surface area contributed by atoms with E-state index in [1.165, 1.54) is 32.1 Å². The Hall–Kier alpha value is -2.30. The van der Waals surface area contributed by atoms with Crippen molar-refractivity contribution in [2.45, 2.75) is 44.9 Å². The van der Waals surface area contributed by atoms with Crippen LogP contribution in [-0.4, -0.2) is 28.9 Å². The fraction of sp³-hybridized carbons (Fsp3) is 0.500. The van der Waals surface area contributed by atoms with Crippen LogP contribution in [0.3, 0.4) is 0 Å². The Balaban J connectivity index is 1.47. The number of nitrogens with zero attached hydrogens (tertiary/aromatic N) is 1. The third-order valence-electron chi connectivity index (χ3n) is 5.95. The molecule has 1 N–H and O–H groups in total. The first-order valence-electron chi connectivity index (χ1n) is 9.23. The molecule has 2 aromatic rings. The van der Waals surface area contributed by atoms with Crippen molar-refractivity contribution in [1.29, 1.82) is 0 Å². The summed E-state index contributed by atoms with van der Waals surface area (Å²) in [6.07, 6.45) is 10.3. The smallest absolute Gasteiger partial charge is 0.261 e. The average molecular weight is 340 g/mol. The third kappa shape index (κ3) is 3.15. The second-order valence-corrected chi connectivity index (χ2v) is 7.44. The molecular formula is C20H24N2O3. The number of piperidine rings is 1. The van der Waals surface area contributed by atoms with Gasteiger partial charge in [0.15, 0.2) is 0 Å². The van der Waals surface area contributed by atoms with Crippen LogP contribution >= 0.6 is 0 Å². The second kappa shape index (κ2) is 6.54. The van der Waals surface area contributed by atoms with Gasteiger partial charge in [-0.05, 0) is 55.4 Å². The number of aromatic amines is 1. The highest BCUT2D eigenvalue weighted by molar-refractivity contribution is 5.94. The number of nitrogens with one attached hydrogen (secondary N) is 1. The summed E-state index contributed by atoms with van der Waals surface area (Å²) in [5, 5.41) is 0. The maximum Gasteiger partial charge on any atom is 0.261 e. The maximum absolute atomic E-state index is 12.8. The number of H-pyrrole nitrogens is 1. The number of furan rings is 1. The average Bonchev–Trinajstić information content (AvgIpc) is 3.17. The van der Waals surface area contributed by atoms with Gasteiger partial charge in [0.1, 0.15) is 11.3 Å². The van der Waals surface area contributed by atoms with Gasteiger partial charge in [-0.25, -0.2) is 0 Å².